The van der Waals surface area contributed by atoms with Gasteiger partial charge in [-0.05, 0) is 24.6 Å². The summed E-state index contributed by atoms with van der Waals surface area (Å²) >= 11 is 1.85. The summed E-state index contributed by atoms with van der Waals surface area (Å²) in [7, 11) is 0. The molecule has 3 heteroatoms. The molecule has 0 aromatic rings. The Morgan fingerprint density at radius 1 is 1.56 bits per heavy atom. The number of allylic oxidation sites excluding steroid dienone is 5. The highest BCUT2D eigenvalue weighted by Crippen LogP contribution is 2.16. The maximum atomic E-state index is 3.32. The number of nitrogens with one attached hydrogen (secondary N) is 2. The van der Waals surface area contributed by atoms with Gasteiger partial charge < -0.3 is 10.6 Å². The predicted octanol–water partition coefficient (Wildman–Crippen LogP) is 3.77. The SMILES string of the molecule is CCC(C)C=C/C=C\C(C)=C\NCC1=CNCS1. The van der Waals surface area contributed by atoms with Gasteiger partial charge in [-0.3, -0.25) is 0 Å². The number of thioether (sulfide) groups is 1. The second-order valence-electron chi connectivity index (χ2n) is 4.50. The van der Waals surface area contributed by atoms with E-state index < -0.39 is 0 Å². The van der Waals surface area contributed by atoms with Crippen molar-refractivity contribution in [3.05, 3.63) is 47.2 Å². The summed E-state index contributed by atoms with van der Waals surface area (Å²) in [5, 5.41) is 6.51. The van der Waals surface area contributed by atoms with Gasteiger partial charge in [-0.2, -0.15) is 0 Å². The smallest absolute Gasteiger partial charge is 0.0650 e. The van der Waals surface area contributed by atoms with Crippen molar-refractivity contribution in [2.75, 3.05) is 12.4 Å². The summed E-state index contributed by atoms with van der Waals surface area (Å²) in [6.07, 6.45) is 13.9. The quantitative estimate of drug-likeness (QED) is 0.684. The first-order chi connectivity index (χ1) is 8.72. The van der Waals surface area contributed by atoms with Gasteiger partial charge in [0.05, 0.1) is 5.88 Å². The fourth-order valence-electron chi connectivity index (χ4n) is 1.39. The summed E-state index contributed by atoms with van der Waals surface area (Å²) in [5.74, 6) is 1.66. The highest BCUT2D eigenvalue weighted by Gasteiger charge is 2.01. The molecule has 0 bridgehead atoms. The maximum absolute atomic E-state index is 3.32. The van der Waals surface area contributed by atoms with Gasteiger partial charge >= 0.3 is 0 Å². The Morgan fingerprint density at radius 3 is 3.06 bits per heavy atom. The van der Waals surface area contributed by atoms with E-state index >= 15 is 0 Å². The van der Waals surface area contributed by atoms with Gasteiger partial charge in [-0.25, -0.2) is 0 Å². The van der Waals surface area contributed by atoms with E-state index in [1.807, 2.05) is 11.8 Å². The second kappa shape index (κ2) is 8.92. The van der Waals surface area contributed by atoms with Crippen molar-refractivity contribution in [3.8, 4) is 0 Å². The Hall–Kier alpha value is -1.09. The minimum atomic E-state index is 0.663. The average Bonchev–Trinajstić information content (AvgIpc) is 2.87. The lowest BCUT2D eigenvalue weighted by Gasteiger charge is -2.01. The number of hydrogen-bond donors (Lipinski definition) is 2. The van der Waals surface area contributed by atoms with Crippen molar-refractivity contribution >= 4 is 11.8 Å². The van der Waals surface area contributed by atoms with Crippen LogP contribution in [0.4, 0.5) is 0 Å². The summed E-state index contributed by atoms with van der Waals surface area (Å²) < 4.78 is 0. The molecule has 0 saturated carbocycles. The fraction of sp³-hybridized carbons (Fsp3) is 0.467. The lowest BCUT2D eigenvalue weighted by atomic mass is 10.1. The molecule has 0 fully saturated rings. The molecule has 0 spiro atoms. The molecule has 1 aliphatic heterocycles. The van der Waals surface area contributed by atoms with Crippen LogP contribution in [0.15, 0.2) is 47.2 Å². The van der Waals surface area contributed by atoms with Crippen molar-refractivity contribution in [2.24, 2.45) is 5.92 Å². The van der Waals surface area contributed by atoms with Gasteiger partial charge in [-0.1, -0.05) is 44.6 Å². The highest BCUT2D eigenvalue weighted by molar-refractivity contribution is 8.03. The maximum Gasteiger partial charge on any atom is 0.0650 e. The first-order valence-corrected chi connectivity index (χ1v) is 7.51. The molecular formula is C15H24N2S. The molecule has 1 rings (SSSR count). The van der Waals surface area contributed by atoms with Gasteiger partial charge in [0.15, 0.2) is 0 Å². The van der Waals surface area contributed by atoms with Crippen molar-refractivity contribution in [1.82, 2.24) is 10.6 Å². The van der Waals surface area contributed by atoms with Crippen LogP contribution < -0.4 is 10.6 Å². The van der Waals surface area contributed by atoms with Crippen LogP contribution in [-0.2, 0) is 0 Å². The van der Waals surface area contributed by atoms with Gasteiger partial charge in [0.1, 0.15) is 0 Å². The fourth-order valence-corrected chi connectivity index (χ4v) is 2.10. The monoisotopic (exact) mass is 264 g/mol. The zero-order chi connectivity index (χ0) is 13.2. The van der Waals surface area contributed by atoms with Crippen LogP contribution in [0.1, 0.15) is 27.2 Å². The summed E-state index contributed by atoms with van der Waals surface area (Å²) in [4.78, 5) is 1.36. The summed E-state index contributed by atoms with van der Waals surface area (Å²) in [6.45, 7) is 7.45. The predicted molar refractivity (Wildman–Crippen MR) is 83.2 cm³/mol. The molecule has 1 atom stereocenters. The minimum absolute atomic E-state index is 0.663. The van der Waals surface area contributed by atoms with Gasteiger partial charge in [0.2, 0.25) is 0 Å². The standard InChI is InChI=1S/C15H24N2S/c1-4-13(2)7-5-6-8-14(3)9-16-10-15-11-17-12-18-15/h5-9,11,13,16-17H,4,10,12H2,1-3H3/b7-5?,8-6-,14-9+. The van der Waals surface area contributed by atoms with E-state index in [1.165, 1.54) is 16.9 Å². The van der Waals surface area contributed by atoms with Gasteiger partial charge in [-0.15, -0.1) is 11.8 Å². The van der Waals surface area contributed by atoms with Crippen molar-refractivity contribution in [2.45, 2.75) is 27.2 Å². The summed E-state index contributed by atoms with van der Waals surface area (Å²) in [6, 6.07) is 0. The molecule has 0 aromatic carbocycles. The van der Waals surface area contributed by atoms with E-state index in [0.717, 1.165) is 12.4 Å². The number of rotatable bonds is 7. The Labute approximate surface area is 115 Å². The molecule has 0 saturated heterocycles. The molecular weight excluding hydrogens is 240 g/mol. The van der Waals surface area contributed by atoms with E-state index in [1.54, 1.807) is 0 Å². The Morgan fingerprint density at radius 2 is 2.39 bits per heavy atom. The molecule has 1 heterocycles. The second-order valence-corrected chi connectivity index (χ2v) is 5.60. The van der Waals surface area contributed by atoms with E-state index in [0.29, 0.717) is 5.92 Å². The lowest BCUT2D eigenvalue weighted by molar-refractivity contribution is 0.698. The van der Waals surface area contributed by atoms with Crippen LogP contribution >= 0.6 is 11.8 Å². The van der Waals surface area contributed by atoms with Crippen molar-refractivity contribution in [1.29, 1.82) is 0 Å². The molecule has 2 nitrogen and oxygen atoms in total. The zero-order valence-corrected chi connectivity index (χ0v) is 12.4. The lowest BCUT2D eigenvalue weighted by Crippen LogP contribution is -2.07. The molecule has 1 unspecified atom stereocenters. The van der Waals surface area contributed by atoms with E-state index in [-0.39, 0.29) is 0 Å². The molecule has 0 aromatic heterocycles. The first kappa shape index (κ1) is 15.0. The third-order valence-corrected chi connectivity index (χ3v) is 3.71. The molecule has 2 N–H and O–H groups in total. The topological polar surface area (TPSA) is 24.1 Å². The van der Waals surface area contributed by atoms with Crippen molar-refractivity contribution < 1.29 is 0 Å². The summed E-state index contributed by atoms with van der Waals surface area (Å²) in [5.41, 5.74) is 1.24. The van der Waals surface area contributed by atoms with Crippen LogP contribution in [0.5, 0.6) is 0 Å². The van der Waals surface area contributed by atoms with E-state index in [4.69, 9.17) is 0 Å². The molecule has 0 radical (unpaired) electrons. The zero-order valence-electron chi connectivity index (χ0n) is 11.6. The highest BCUT2D eigenvalue weighted by atomic mass is 32.2. The molecule has 0 amide bonds. The van der Waals surface area contributed by atoms with Crippen LogP contribution in [0.25, 0.3) is 0 Å². The first-order valence-electron chi connectivity index (χ1n) is 6.52. The largest absolute Gasteiger partial charge is 0.386 e. The average molecular weight is 264 g/mol. The third kappa shape index (κ3) is 6.60. The molecule has 1 aliphatic rings. The van der Waals surface area contributed by atoms with Crippen LogP contribution in [0.3, 0.4) is 0 Å². The van der Waals surface area contributed by atoms with Crippen LogP contribution in [-0.4, -0.2) is 12.4 Å². The Kier molecular flexibility index (Phi) is 7.42. The minimum Gasteiger partial charge on any atom is -0.386 e. The molecule has 18 heavy (non-hydrogen) atoms. The Balaban J connectivity index is 2.24. The number of hydrogen-bond acceptors (Lipinski definition) is 3. The molecule has 100 valence electrons. The van der Waals surface area contributed by atoms with Crippen LogP contribution in [0.2, 0.25) is 0 Å². The van der Waals surface area contributed by atoms with E-state index in [2.05, 4.69) is 68.1 Å². The van der Waals surface area contributed by atoms with Gasteiger partial charge in [0, 0.05) is 17.6 Å². The third-order valence-electron chi connectivity index (χ3n) is 2.76. The van der Waals surface area contributed by atoms with Crippen LogP contribution in [0, 0.1) is 5.92 Å². The molecule has 0 aliphatic carbocycles. The van der Waals surface area contributed by atoms with Gasteiger partial charge in [0.25, 0.3) is 0 Å². The van der Waals surface area contributed by atoms with E-state index in [9.17, 15) is 0 Å². The Bertz CT molecular complexity index is 354. The normalized spacial score (nSPS) is 18.2. The van der Waals surface area contributed by atoms with Crippen molar-refractivity contribution in [3.63, 3.8) is 0 Å².